The maximum Gasteiger partial charge on any atom is 0.0663 e. The van der Waals surface area contributed by atoms with Crippen LogP contribution in [-0.4, -0.2) is 4.87 Å². The highest BCUT2D eigenvalue weighted by Gasteiger charge is 2.21. The van der Waals surface area contributed by atoms with Gasteiger partial charge in [0.1, 0.15) is 0 Å². The summed E-state index contributed by atoms with van der Waals surface area (Å²) in [6, 6.07) is 0. The molecule has 0 aliphatic heterocycles. The molecule has 0 aromatic heterocycles. The van der Waals surface area contributed by atoms with Crippen molar-refractivity contribution in [3.05, 3.63) is 24.3 Å². The Labute approximate surface area is 67.6 Å². The van der Waals surface area contributed by atoms with Gasteiger partial charge in [-0.25, -0.2) is 0 Å². The third kappa shape index (κ3) is 1.88. The quantitative estimate of drug-likeness (QED) is 0.539. The van der Waals surface area contributed by atoms with Crippen molar-refractivity contribution in [1.82, 2.24) is 0 Å². The van der Waals surface area contributed by atoms with E-state index in [4.69, 9.17) is 11.6 Å². The number of halogens is 1. The minimum Gasteiger partial charge on any atom is -0.114 e. The average molecular weight is 157 g/mol. The van der Waals surface area contributed by atoms with Gasteiger partial charge in [-0.15, -0.1) is 11.6 Å². The number of allylic oxidation sites excluding steroid dienone is 4. The Bertz CT molecular complexity index is 158. The van der Waals surface area contributed by atoms with Crippen molar-refractivity contribution in [2.75, 3.05) is 0 Å². The van der Waals surface area contributed by atoms with Crippen molar-refractivity contribution in [3.8, 4) is 0 Å². The summed E-state index contributed by atoms with van der Waals surface area (Å²) in [6.07, 6.45) is 11.5. The lowest BCUT2D eigenvalue weighted by molar-refractivity contribution is 0.621. The lowest BCUT2D eigenvalue weighted by Crippen LogP contribution is -2.17. The molecule has 0 nitrogen and oxygen atoms in total. The van der Waals surface area contributed by atoms with Crippen LogP contribution in [0.5, 0.6) is 0 Å². The molecule has 1 atom stereocenters. The second-order valence-electron chi connectivity index (χ2n) is 2.78. The first-order chi connectivity index (χ1) is 4.77. The molecule has 0 saturated carbocycles. The SMILES string of the molecule is CCCC1(Cl)C=CC=CC1. The molecule has 0 spiro atoms. The summed E-state index contributed by atoms with van der Waals surface area (Å²) in [5, 5.41) is 0. The first kappa shape index (κ1) is 7.87. The second kappa shape index (κ2) is 3.25. The van der Waals surface area contributed by atoms with Crippen LogP contribution in [0.1, 0.15) is 26.2 Å². The van der Waals surface area contributed by atoms with E-state index in [1.54, 1.807) is 0 Å². The molecular weight excluding hydrogens is 144 g/mol. The van der Waals surface area contributed by atoms with Gasteiger partial charge in [0, 0.05) is 0 Å². The van der Waals surface area contributed by atoms with Crippen molar-refractivity contribution < 1.29 is 0 Å². The van der Waals surface area contributed by atoms with Crippen molar-refractivity contribution in [1.29, 1.82) is 0 Å². The Morgan fingerprint density at radius 3 is 2.80 bits per heavy atom. The Hall–Kier alpha value is -0.230. The molecular formula is C9H13Cl. The molecule has 1 unspecified atom stereocenters. The van der Waals surface area contributed by atoms with E-state index in [0.717, 1.165) is 19.3 Å². The van der Waals surface area contributed by atoms with Crippen molar-refractivity contribution in [2.45, 2.75) is 31.1 Å². The summed E-state index contributed by atoms with van der Waals surface area (Å²) >= 11 is 6.24. The van der Waals surface area contributed by atoms with Gasteiger partial charge in [-0.3, -0.25) is 0 Å². The Morgan fingerprint density at radius 1 is 1.50 bits per heavy atom. The summed E-state index contributed by atoms with van der Waals surface area (Å²) in [5.41, 5.74) is 0. The van der Waals surface area contributed by atoms with Gasteiger partial charge in [-0.05, 0) is 12.8 Å². The van der Waals surface area contributed by atoms with Crippen molar-refractivity contribution >= 4 is 11.6 Å². The van der Waals surface area contributed by atoms with Crippen LogP contribution >= 0.6 is 11.6 Å². The molecule has 0 aromatic carbocycles. The minimum absolute atomic E-state index is 0.0660. The van der Waals surface area contributed by atoms with Gasteiger partial charge in [0.05, 0.1) is 4.87 Å². The van der Waals surface area contributed by atoms with E-state index in [0.29, 0.717) is 0 Å². The predicted molar refractivity (Wildman–Crippen MR) is 46.4 cm³/mol. The van der Waals surface area contributed by atoms with Crippen LogP contribution < -0.4 is 0 Å². The van der Waals surface area contributed by atoms with Crippen molar-refractivity contribution in [2.24, 2.45) is 0 Å². The fourth-order valence-electron chi connectivity index (χ4n) is 1.24. The number of alkyl halides is 1. The first-order valence-corrected chi connectivity index (χ1v) is 4.18. The molecule has 0 fully saturated rings. The van der Waals surface area contributed by atoms with E-state index < -0.39 is 0 Å². The molecule has 1 rings (SSSR count). The summed E-state index contributed by atoms with van der Waals surface area (Å²) < 4.78 is 0. The van der Waals surface area contributed by atoms with Crippen LogP contribution in [0.25, 0.3) is 0 Å². The third-order valence-corrected chi connectivity index (χ3v) is 2.23. The molecule has 0 saturated heterocycles. The monoisotopic (exact) mass is 156 g/mol. The van der Waals surface area contributed by atoms with E-state index in [1.165, 1.54) is 0 Å². The number of hydrogen-bond donors (Lipinski definition) is 0. The van der Waals surface area contributed by atoms with Crippen molar-refractivity contribution in [3.63, 3.8) is 0 Å². The molecule has 10 heavy (non-hydrogen) atoms. The molecule has 0 amide bonds. The van der Waals surface area contributed by atoms with Crippen LogP contribution in [-0.2, 0) is 0 Å². The smallest absolute Gasteiger partial charge is 0.0663 e. The maximum atomic E-state index is 6.24. The van der Waals surface area contributed by atoms with Gasteiger partial charge < -0.3 is 0 Å². The summed E-state index contributed by atoms with van der Waals surface area (Å²) in [4.78, 5) is -0.0660. The fraction of sp³-hybridized carbons (Fsp3) is 0.556. The van der Waals surface area contributed by atoms with Gasteiger partial charge in [-0.1, -0.05) is 37.6 Å². The summed E-state index contributed by atoms with van der Waals surface area (Å²) in [6.45, 7) is 2.16. The lowest BCUT2D eigenvalue weighted by atomic mass is 9.95. The number of hydrogen-bond acceptors (Lipinski definition) is 0. The van der Waals surface area contributed by atoms with Gasteiger partial charge in [0.15, 0.2) is 0 Å². The van der Waals surface area contributed by atoms with Crippen LogP contribution in [0, 0.1) is 0 Å². The minimum atomic E-state index is -0.0660. The Kier molecular flexibility index (Phi) is 2.56. The average Bonchev–Trinajstić information content (AvgIpc) is 1.89. The molecule has 0 radical (unpaired) electrons. The lowest BCUT2D eigenvalue weighted by Gasteiger charge is -2.22. The summed E-state index contributed by atoms with van der Waals surface area (Å²) in [7, 11) is 0. The molecule has 1 aliphatic rings. The van der Waals surface area contributed by atoms with Gasteiger partial charge in [0.25, 0.3) is 0 Å². The normalized spacial score (nSPS) is 31.0. The zero-order valence-corrected chi connectivity index (χ0v) is 7.06. The number of rotatable bonds is 2. The second-order valence-corrected chi connectivity index (χ2v) is 3.53. The fourth-order valence-corrected chi connectivity index (χ4v) is 1.59. The largest absolute Gasteiger partial charge is 0.114 e. The zero-order valence-electron chi connectivity index (χ0n) is 6.31. The highest BCUT2D eigenvalue weighted by Crippen LogP contribution is 2.30. The summed E-state index contributed by atoms with van der Waals surface area (Å²) in [5.74, 6) is 0. The van der Waals surface area contributed by atoms with E-state index in [9.17, 15) is 0 Å². The Morgan fingerprint density at radius 2 is 2.30 bits per heavy atom. The molecule has 0 heterocycles. The topological polar surface area (TPSA) is 0 Å². The van der Waals surface area contributed by atoms with Crippen LogP contribution in [0.2, 0.25) is 0 Å². The van der Waals surface area contributed by atoms with E-state index >= 15 is 0 Å². The van der Waals surface area contributed by atoms with E-state index in [2.05, 4.69) is 25.2 Å². The molecule has 0 bridgehead atoms. The molecule has 0 aromatic rings. The highest BCUT2D eigenvalue weighted by molar-refractivity contribution is 6.25. The molecule has 1 aliphatic carbocycles. The van der Waals surface area contributed by atoms with E-state index in [1.807, 2.05) is 6.08 Å². The predicted octanol–water partition coefficient (Wildman–Crippen LogP) is 3.28. The van der Waals surface area contributed by atoms with Gasteiger partial charge >= 0.3 is 0 Å². The maximum absolute atomic E-state index is 6.24. The van der Waals surface area contributed by atoms with E-state index in [-0.39, 0.29) is 4.87 Å². The third-order valence-electron chi connectivity index (χ3n) is 1.76. The molecule has 56 valence electrons. The van der Waals surface area contributed by atoms with Gasteiger partial charge in [-0.2, -0.15) is 0 Å². The zero-order chi connectivity index (χ0) is 7.45. The van der Waals surface area contributed by atoms with Gasteiger partial charge in [0.2, 0.25) is 0 Å². The molecule has 0 N–H and O–H groups in total. The van der Waals surface area contributed by atoms with Crippen LogP contribution in [0.15, 0.2) is 24.3 Å². The van der Waals surface area contributed by atoms with Crippen LogP contribution in [0.4, 0.5) is 0 Å². The molecule has 1 heteroatoms. The van der Waals surface area contributed by atoms with Crippen LogP contribution in [0.3, 0.4) is 0 Å². The Balaban J connectivity index is 2.52. The highest BCUT2D eigenvalue weighted by atomic mass is 35.5. The first-order valence-electron chi connectivity index (χ1n) is 3.80. The standard InChI is InChI=1S/C9H13Cl/c1-2-6-9(10)7-4-3-5-8-9/h3-5,7H,2,6,8H2,1H3.